The standard InChI is InChI=1S/C11H15N3O3/c15-11(16)9-7-13-10(8-12-9)17-6-5-14-3-1-2-4-14/h7-8H,1-6H2,(H,15,16). The second kappa shape index (κ2) is 5.58. The highest BCUT2D eigenvalue weighted by molar-refractivity contribution is 5.84. The fourth-order valence-electron chi connectivity index (χ4n) is 1.79. The van der Waals surface area contributed by atoms with Crippen molar-refractivity contribution >= 4 is 5.97 Å². The molecule has 1 aromatic heterocycles. The topological polar surface area (TPSA) is 75.6 Å². The van der Waals surface area contributed by atoms with Crippen molar-refractivity contribution in [1.29, 1.82) is 0 Å². The molecule has 1 aliphatic heterocycles. The van der Waals surface area contributed by atoms with Crippen LogP contribution in [0.5, 0.6) is 5.88 Å². The van der Waals surface area contributed by atoms with Gasteiger partial charge in [-0.15, -0.1) is 0 Å². The number of carboxylic acid groups (broad SMARTS) is 1. The van der Waals surface area contributed by atoms with Gasteiger partial charge in [0.2, 0.25) is 5.88 Å². The van der Waals surface area contributed by atoms with Crippen LogP contribution in [0.3, 0.4) is 0 Å². The van der Waals surface area contributed by atoms with E-state index in [1.54, 1.807) is 0 Å². The van der Waals surface area contributed by atoms with Gasteiger partial charge in [-0.2, -0.15) is 0 Å². The summed E-state index contributed by atoms with van der Waals surface area (Å²) in [7, 11) is 0. The molecule has 1 N–H and O–H groups in total. The Kier molecular flexibility index (Phi) is 3.87. The lowest BCUT2D eigenvalue weighted by Crippen LogP contribution is -2.25. The minimum absolute atomic E-state index is 0.0723. The smallest absolute Gasteiger partial charge is 0.356 e. The molecule has 0 spiro atoms. The number of hydrogen-bond donors (Lipinski definition) is 1. The number of rotatable bonds is 5. The molecule has 1 aliphatic rings. The maximum absolute atomic E-state index is 10.6. The Balaban J connectivity index is 1.76. The molecule has 1 saturated heterocycles. The van der Waals surface area contributed by atoms with Crippen molar-refractivity contribution in [2.24, 2.45) is 0 Å². The van der Waals surface area contributed by atoms with Gasteiger partial charge < -0.3 is 9.84 Å². The number of aromatic carboxylic acids is 1. The largest absolute Gasteiger partial charge is 0.476 e. The maximum Gasteiger partial charge on any atom is 0.356 e. The summed E-state index contributed by atoms with van der Waals surface area (Å²) in [5.74, 6) is -0.713. The fraction of sp³-hybridized carbons (Fsp3) is 0.545. The molecule has 2 rings (SSSR count). The number of likely N-dealkylation sites (tertiary alicyclic amines) is 1. The molecule has 6 heteroatoms. The highest BCUT2D eigenvalue weighted by atomic mass is 16.5. The van der Waals surface area contributed by atoms with E-state index in [0.29, 0.717) is 12.5 Å². The van der Waals surface area contributed by atoms with Crippen LogP contribution in [-0.4, -0.2) is 52.2 Å². The zero-order valence-corrected chi connectivity index (χ0v) is 9.50. The predicted molar refractivity (Wildman–Crippen MR) is 60.2 cm³/mol. The monoisotopic (exact) mass is 237 g/mol. The van der Waals surface area contributed by atoms with E-state index in [1.807, 2.05) is 0 Å². The van der Waals surface area contributed by atoms with E-state index in [1.165, 1.54) is 25.2 Å². The lowest BCUT2D eigenvalue weighted by Gasteiger charge is -2.14. The minimum atomic E-state index is -1.08. The van der Waals surface area contributed by atoms with Gasteiger partial charge in [0.25, 0.3) is 0 Å². The summed E-state index contributed by atoms with van der Waals surface area (Å²) in [6.07, 6.45) is 5.06. The van der Waals surface area contributed by atoms with Gasteiger partial charge in [0.1, 0.15) is 6.61 Å². The number of nitrogens with zero attached hydrogens (tertiary/aromatic N) is 3. The second-order valence-electron chi connectivity index (χ2n) is 3.94. The molecule has 0 unspecified atom stereocenters. The van der Waals surface area contributed by atoms with E-state index in [2.05, 4.69) is 14.9 Å². The third kappa shape index (κ3) is 3.39. The van der Waals surface area contributed by atoms with E-state index < -0.39 is 5.97 Å². The summed E-state index contributed by atoms with van der Waals surface area (Å²) < 4.78 is 5.39. The van der Waals surface area contributed by atoms with Gasteiger partial charge in [0, 0.05) is 6.54 Å². The molecule has 0 saturated carbocycles. The lowest BCUT2D eigenvalue weighted by molar-refractivity contribution is 0.0689. The van der Waals surface area contributed by atoms with Gasteiger partial charge in [-0.05, 0) is 25.9 Å². The Morgan fingerprint density at radius 2 is 2.12 bits per heavy atom. The molecule has 0 amide bonds. The fourth-order valence-corrected chi connectivity index (χ4v) is 1.79. The van der Waals surface area contributed by atoms with Crippen molar-refractivity contribution in [3.05, 3.63) is 18.1 Å². The first kappa shape index (κ1) is 11.8. The van der Waals surface area contributed by atoms with Gasteiger partial charge in [-0.3, -0.25) is 4.90 Å². The van der Waals surface area contributed by atoms with E-state index in [0.717, 1.165) is 19.6 Å². The molecule has 0 atom stereocenters. The Morgan fingerprint density at radius 3 is 2.71 bits per heavy atom. The Labute approximate surface area is 99.2 Å². The summed E-state index contributed by atoms with van der Waals surface area (Å²) in [6.45, 7) is 3.70. The summed E-state index contributed by atoms with van der Waals surface area (Å²) in [5, 5.41) is 8.65. The normalized spacial score (nSPS) is 16.0. The second-order valence-corrected chi connectivity index (χ2v) is 3.94. The first-order chi connectivity index (χ1) is 8.25. The van der Waals surface area contributed by atoms with Crippen molar-refractivity contribution in [1.82, 2.24) is 14.9 Å². The molecule has 17 heavy (non-hydrogen) atoms. The molecular weight excluding hydrogens is 222 g/mol. The average Bonchev–Trinajstić information content (AvgIpc) is 2.83. The number of aromatic nitrogens is 2. The molecule has 1 fully saturated rings. The van der Waals surface area contributed by atoms with Crippen LogP contribution in [0.2, 0.25) is 0 Å². The lowest BCUT2D eigenvalue weighted by atomic mass is 10.4. The van der Waals surface area contributed by atoms with Crippen LogP contribution in [0.1, 0.15) is 23.3 Å². The van der Waals surface area contributed by atoms with Crippen LogP contribution in [-0.2, 0) is 0 Å². The number of hydrogen-bond acceptors (Lipinski definition) is 5. The van der Waals surface area contributed by atoms with Gasteiger partial charge in [0.15, 0.2) is 5.69 Å². The molecule has 92 valence electrons. The molecule has 1 aromatic rings. The highest BCUT2D eigenvalue weighted by Crippen LogP contribution is 2.08. The molecule has 0 radical (unpaired) electrons. The zero-order chi connectivity index (χ0) is 12.1. The highest BCUT2D eigenvalue weighted by Gasteiger charge is 2.11. The molecule has 0 aromatic carbocycles. The van der Waals surface area contributed by atoms with Gasteiger partial charge >= 0.3 is 5.97 Å². The maximum atomic E-state index is 10.6. The Hall–Kier alpha value is -1.69. The third-order valence-electron chi connectivity index (χ3n) is 2.70. The zero-order valence-electron chi connectivity index (χ0n) is 9.50. The number of carbonyl (C=O) groups is 1. The van der Waals surface area contributed by atoms with Crippen molar-refractivity contribution in [3.8, 4) is 5.88 Å². The van der Waals surface area contributed by atoms with Crippen LogP contribution in [0.4, 0.5) is 0 Å². The van der Waals surface area contributed by atoms with Crippen molar-refractivity contribution in [2.45, 2.75) is 12.8 Å². The molecule has 6 nitrogen and oxygen atoms in total. The SMILES string of the molecule is O=C(O)c1cnc(OCCN2CCCC2)cn1. The van der Waals surface area contributed by atoms with Crippen LogP contribution in [0.15, 0.2) is 12.4 Å². The Morgan fingerprint density at radius 1 is 1.35 bits per heavy atom. The summed E-state index contributed by atoms with van der Waals surface area (Å²) in [4.78, 5) is 20.5. The first-order valence-electron chi connectivity index (χ1n) is 5.66. The molecule has 0 aliphatic carbocycles. The quantitative estimate of drug-likeness (QED) is 0.810. The van der Waals surface area contributed by atoms with E-state index in [9.17, 15) is 4.79 Å². The molecular formula is C11H15N3O3. The summed E-state index contributed by atoms with van der Waals surface area (Å²) in [5.41, 5.74) is -0.0723. The van der Waals surface area contributed by atoms with Gasteiger partial charge in [0.05, 0.1) is 12.4 Å². The summed E-state index contributed by atoms with van der Waals surface area (Å²) >= 11 is 0. The number of ether oxygens (including phenoxy) is 1. The van der Waals surface area contributed by atoms with E-state index in [4.69, 9.17) is 9.84 Å². The third-order valence-corrected chi connectivity index (χ3v) is 2.70. The van der Waals surface area contributed by atoms with Crippen molar-refractivity contribution in [2.75, 3.05) is 26.2 Å². The number of carboxylic acids is 1. The Bertz CT molecular complexity index is 374. The van der Waals surface area contributed by atoms with Crippen LogP contribution in [0.25, 0.3) is 0 Å². The minimum Gasteiger partial charge on any atom is -0.476 e. The van der Waals surface area contributed by atoms with Crippen LogP contribution in [0, 0.1) is 0 Å². The molecule has 2 heterocycles. The average molecular weight is 237 g/mol. The van der Waals surface area contributed by atoms with E-state index >= 15 is 0 Å². The molecule has 0 bridgehead atoms. The van der Waals surface area contributed by atoms with Crippen LogP contribution >= 0.6 is 0 Å². The van der Waals surface area contributed by atoms with E-state index in [-0.39, 0.29) is 5.69 Å². The van der Waals surface area contributed by atoms with Gasteiger partial charge in [-0.1, -0.05) is 0 Å². The summed E-state index contributed by atoms with van der Waals surface area (Å²) in [6, 6.07) is 0. The van der Waals surface area contributed by atoms with Gasteiger partial charge in [-0.25, -0.2) is 14.8 Å². The van der Waals surface area contributed by atoms with Crippen molar-refractivity contribution in [3.63, 3.8) is 0 Å². The predicted octanol–water partition coefficient (Wildman–Crippen LogP) is 0.649. The van der Waals surface area contributed by atoms with Crippen molar-refractivity contribution < 1.29 is 14.6 Å². The van der Waals surface area contributed by atoms with Crippen LogP contribution < -0.4 is 4.74 Å². The first-order valence-corrected chi connectivity index (χ1v) is 5.66.